The van der Waals surface area contributed by atoms with E-state index in [4.69, 9.17) is 5.73 Å². The molecule has 14 heavy (non-hydrogen) atoms. The number of aromatic nitrogens is 2. The number of β-amino-alcohol motifs (C(OH)–C–C–N with tert-alkyl or cyclic N) is 1. The van der Waals surface area contributed by atoms with Crippen LogP contribution < -0.4 is 10.6 Å². The highest BCUT2D eigenvalue weighted by Gasteiger charge is 2.40. The summed E-state index contributed by atoms with van der Waals surface area (Å²) in [5.74, 6) is 1.09. The van der Waals surface area contributed by atoms with Gasteiger partial charge in [-0.1, -0.05) is 6.92 Å². The van der Waals surface area contributed by atoms with Crippen molar-refractivity contribution in [2.45, 2.75) is 18.9 Å². The second kappa shape index (κ2) is 3.09. The summed E-state index contributed by atoms with van der Waals surface area (Å²) in [6.45, 7) is 3.15. The van der Waals surface area contributed by atoms with E-state index in [1.807, 2.05) is 11.8 Å². The van der Waals surface area contributed by atoms with Crippen LogP contribution in [0.25, 0.3) is 0 Å². The van der Waals surface area contributed by atoms with Gasteiger partial charge < -0.3 is 15.7 Å². The number of nitrogen functional groups attached to an aromatic ring is 1. The van der Waals surface area contributed by atoms with Crippen molar-refractivity contribution in [2.75, 3.05) is 23.7 Å². The maximum absolute atomic E-state index is 9.81. The maximum Gasteiger partial charge on any atom is 0.171 e. The van der Waals surface area contributed by atoms with Crippen LogP contribution in [-0.4, -0.2) is 33.8 Å². The Morgan fingerprint density at radius 2 is 2.14 bits per heavy atom. The van der Waals surface area contributed by atoms with E-state index in [-0.39, 0.29) is 0 Å². The molecule has 1 saturated heterocycles. The fraction of sp³-hybridized carbons (Fsp3) is 0.556. The third-order valence-electron chi connectivity index (χ3n) is 2.63. The Labute approximate surface area is 82.6 Å². The van der Waals surface area contributed by atoms with Crippen molar-refractivity contribution in [1.82, 2.24) is 9.97 Å². The minimum atomic E-state index is -0.566. The lowest BCUT2D eigenvalue weighted by atomic mass is 9.91. The van der Waals surface area contributed by atoms with Crippen molar-refractivity contribution in [3.05, 3.63) is 12.4 Å². The van der Waals surface area contributed by atoms with Gasteiger partial charge in [-0.05, 0) is 6.42 Å². The number of anilines is 2. The largest absolute Gasteiger partial charge is 0.386 e. The molecule has 0 spiro atoms. The fourth-order valence-electron chi connectivity index (χ4n) is 1.62. The van der Waals surface area contributed by atoms with E-state index in [0.717, 1.165) is 6.42 Å². The van der Waals surface area contributed by atoms with Crippen LogP contribution in [-0.2, 0) is 0 Å². The number of nitrogens with two attached hydrogens (primary N) is 1. The number of hydrogen-bond acceptors (Lipinski definition) is 5. The van der Waals surface area contributed by atoms with Crippen LogP contribution in [0.3, 0.4) is 0 Å². The van der Waals surface area contributed by atoms with Gasteiger partial charge in [0.25, 0.3) is 0 Å². The normalized spacial score (nSPS) is 19.1. The van der Waals surface area contributed by atoms with Crippen LogP contribution in [0.2, 0.25) is 0 Å². The summed E-state index contributed by atoms with van der Waals surface area (Å²) in [7, 11) is 0. The van der Waals surface area contributed by atoms with Gasteiger partial charge in [-0.25, -0.2) is 9.97 Å². The van der Waals surface area contributed by atoms with Gasteiger partial charge in [0.05, 0.1) is 18.7 Å². The molecule has 0 bridgehead atoms. The maximum atomic E-state index is 9.81. The first-order chi connectivity index (χ1) is 6.64. The molecule has 0 aromatic carbocycles. The topological polar surface area (TPSA) is 75.3 Å². The lowest BCUT2D eigenvalue weighted by Crippen LogP contribution is -2.62. The Hall–Kier alpha value is -1.36. The zero-order valence-corrected chi connectivity index (χ0v) is 8.14. The Morgan fingerprint density at radius 1 is 1.50 bits per heavy atom. The molecule has 1 aliphatic rings. The molecule has 0 atom stereocenters. The molecule has 0 radical (unpaired) electrons. The summed E-state index contributed by atoms with van der Waals surface area (Å²) in [5.41, 5.74) is 5.10. The van der Waals surface area contributed by atoms with E-state index in [1.54, 1.807) is 12.4 Å². The molecule has 3 N–H and O–H groups in total. The van der Waals surface area contributed by atoms with Crippen LogP contribution in [0.5, 0.6) is 0 Å². The van der Waals surface area contributed by atoms with Gasteiger partial charge in [0, 0.05) is 12.4 Å². The summed E-state index contributed by atoms with van der Waals surface area (Å²) >= 11 is 0. The van der Waals surface area contributed by atoms with Gasteiger partial charge in [0.2, 0.25) is 0 Å². The first-order valence-corrected chi connectivity index (χ1v) is 4.68. The van der Waals surface area contributed by atoms with Crippen molar-refractivity contribution in [3.63, 3.8) is 0 Å². The van der Waals surface area contributed by atoms with Crippen molar-refractivity contribution in [3.8, 4) is 0 Å². The number of aliphatic hydroxyl groups is 1. The van der Waals surface area contributed by atoms with Crippen molar-refractivity contribution in [2.24, 2.45) is 0 Å². The molecule has 0 amide bonds. The summed E-state index contributed by atoms with van der Waals surface area (Å²) < 4.78 is 0. The number of nitrogens with zero attached hydrogens (tertiary/aromatic N) is 3. The second-order valence-corrected chi connectivity index (χ2v) is 3.70. The third kappa shape index (κ3) is 1.39. The molecule has 1 aliphatic heterocycles. The van der Waals surface area contributed by atoms with Crippen LogP contribution in [0.4, 0.5) is 11.6 Å². The van der Waals surface area contributed by atoms with Crippen molar-refractivity contribution >= 4 is 11.6 Å². The highest BCUT2D eigenvalue weighted by Crippen LogP contribution is 2.30. The molecule has 0 aliphatic carbocycles. The van der Waals surface area contributed by atoms with Crippen LogP contribution >= 0.6 is 0 Å². The van der Waals surface area contributed by atoms with Crippen molar-refractivity contribution < 1.29 is 5.11 Å². The summed E-state index contributed by atoms with van der Waals surface area (Å²) in [4.78, 5) is 10.0. The average Bonchev–Trinajstić information content (AvgIpc) is 2.14. The highest BCUT2D eigenvalue weighted by atomic mass is 16.3. The van der Waals surface area contributed by atoms with Crippen molar-refractivity contribution in [1.29, 1.82) is 0 Å². The summed E-state index contributed by atoms with van der Waals surface area (Å²) in [6.07, 6.45) is 3.92. The van der Waals surface area contributed by atoms with E-state index in [9.17, 15) is 5.11 Å². The minimum absolute atomic E-state index is 0.422. The standard InChI is InChI=1S/C9H14N4O/c1-2-9(14)5-13(6-9)8-7(10)11-3-4-12-8/h3-4,14H,2,5-6H2,1H3,(H2,10,11). The summed E-state index contributed by atoms with van der Waals surface area (Å²) in [6, 6.07) is 0. The predicted octanol–water partition coefficient (Wildman–Crippen LogP) is 0.0199. The van der Waals surface area contributed by atoms with Gasteiger partial charge in [0.15, 0.2) is 11.6 Å². The number of rotatable bonds is 2. The molecule has 76 valence electrons. The summed E-state index contributed by atoms with van der Waals surface area (Å²) in [5, 5.41) is 9.81. The van der Waals surface area contributed by atoms with E-state index < -0.39 is 5.60 Å². The lowest BCUT2D eigenvalue weighted by Gasteiger charge is -2.46. The first kappa shape index (κ1) is 9.21. The number of hydrogen-bond donors (Lipinski definition) is 2. The zero-order valence-electron chi connectivity index (χ0n) is 8.14. The van der Waals surface area contributed by atoms with E-state index >= 15 is 0 Å². The van der Waals surface area contributed by atoms with Crippen LogP contribution in [0.15, 0.2) is 12.4 Å². The van der Waals surface area contributed by atoms with E-state index in [0.29, 0.717) is 24.7 Å². The third-order valence-corrected chi connectivity index (χ3v) is 2.63. The quantitative estimate of drug-likeness (QED) is 0.694. The molecule has 5 heteroatoms. The van der Waals surface area contributed by atoms with Crippen LogP contribution in [0.1, 0.15) is 13.3 Å². The first-order valence-electron chi connectivity index (χ1n) is 4.68. The molecular formula is C9H14N4O. The Balaban J connectivity index is 2.10. The molecule has 1 fully saturated rings. The minimum Gasteiger partial charge on any atom is -0.386 e. The van der Waals surface area contributed by atoms with Gasteiger partial charge in [-0.15, -0.1) is 0 Å². The van der Waals surface area contributed by atoms with Gasteiger partial charge >= 0.3 is 0 Å². The molecule has 0 unspecified atom stereocenters. The Morgan fingerprint density at radius 3 is 2.71 bits per heavy atom. The lowest BCUT2D eigenvalue weighted by molar-refractivity contribution is 0.00813. The van der Waals surface area contributed by atoms with E-state index in [2.05, 4.69) is 9.97 Å². The average molecular weight is 194 g/mol. The second-order valence-electron chi connectivity index (χ2n) is 3.70. The molecular weight excluding hydrogens is 180 g/mol. The molecule has 1 aromatic rings. The molecule has 5 nitrogen and oxygen atoms in total. The molecule has 2 rings (SSSR count). The highest BCUT2D eigenvalue weighted by molar-refractivity contribution is 5.59. The monoisotopic (exact) mass is 194 g/mol. The van der Waals surface area contributed by atoms with Crippen LogP contribution in [0, 0.1) is 0 Å². The molecule has 2 heterocycles. The smallest absolute Gasteiger partial charge is 0.171 e. The zero-order chi connectivity index (χ0) is 10.2. The molecule has 1 aromatic heterocycles. The van der Waals surface area contributed by atoms with E-state index in [1.165, 1.54) is 0 Å². The van der Waals surface area contributed by atoms with Gasteiger partial charge in [0.1, 0.15) is 0 Å². The SMILES string of the molecule is CCC1(O)CN(c2nccnc2N)C1. The predicted molar refractivity (Wildman–Crippen MR) is 53.9 cm³/mol. The Kier molecular flexibility index (Phi) is 2.03. The Bertz CT molecular complexity index is 335. The fourth-order valence-corrected chi connectivity index (χ4v) is 1.62. The molecule has 0 saturated carbocycles. The van der Waals surface area contributed by atoms with Gasteiger partial charge in [-0.3, -0.25) is 0 Å². The van der Waals surface area contributed by atoms with Gasteiger partial charge in [-0.2, -0.15) is 0 Å².